The number of nitrogens with one attached hydrogen (secondary N) is 2. The van der Waals surface area contributed by atoms with E-state index in [0.717, 1.165) is 37.0 Å². The standard InChI is InChI=1S/C19H31N3O2.ClH/c20-16(15-1-2-15)11-22-17(23)3-4-21-18(24)19-8-12-5-13(9-19)7-14(6-12)10-19;/h12-16H,1-11,20H2,(H,21,24)(H,22,23);1H. The number of halogens is 1. The number of carbonyl (C=O) groups excluding carboxylic acids is 2. The molecule has 2 amide bonds. The van der Waals surface area contributed by atoms with Gasteiger partial charge in [-0.2, -0.15) is 0 Å². The third kappa shape index (κ3) is 4.13. The first-order valence-electron chi connectivity index (χ1n) is 9.85. The monoisotopic (exact) mass is 369 g/mol. The predicted octanol–water partition coefficient (Wildman–Crippen LogP) is 1.98. The highest BCUT2D eigenvalue weighted by Crippen LogP contribution is 2.60. The Labute approximate surface area is 156 Å². The van der Waals surface area contributed by atoms with Gasteiger partial charge in [-0.1, -0.05) is 0 Å². The fourth-order valence-corrected chi connectivity index (χ4v) is 5.88. The van der Waals surface area contributed by atoms with Gasteiger partial charge in [-0.3, -0.25) is 9.59 Å². The van der Waals surface area contributed by atoms with Crippen molar-refractivity contribution in [1.29, 1.82) is 0 Å². The van der Waals surface area contributed by atoms with Crippen LogP contribution in [-0.2, 0) is 9.59 Å². The molecule has 5 saturated carbocycles. The van der Waals surface area contributed by atoms with Gasteiger partial charge in [-0.05, 0) is 75.0 Å². The lowest BCUT2D eigenvalue weighted by atomic mass is 9.49. The van der Waals surface area contributed by atoms with Crippen molar-refractivity contribution < 1.29 is 9.59 Å². The molecule has 0 aliphatic heterocycles. The first kappa shape index (κ1) is 19.0. The Hall–Kier alpha value is -0.810. The van der Waals surface area contributed by atoms with E-state index in [2.05, 4.69) is 10.6 Å². The summed E-state index contributed by atoms with van der Waals surface area (Å²) in [5.41, 5.74) is 5.88. The highest BCUT2D eigenvalue weighted by atomic mass is 35.5. The lowest BCUT2D eigenvalue weighted by Crippen LogP contribution is -2.53. The van der Waals surface area contributed by atoms with E-state index in [1.165, 1.54) is 32.1 Å². The third-order valence-electron chi connectivity index (χ3n) is 6.92. The summed E-state index contributed by atoms with van der Waals surface area (Å²) in [7, 11) is 0. The van der Waals surface area contributed by atoms with E-state index in [0.29, 0.717) is 25.4 Å². The van der Waals surface area contributed by atoms with Crippen LogP contribution in [0.2, 0.25) is 0 Å². The molecular weight excluding hydrogens is 338 g/mol. The number of hydrogen-bond donors (Lipinski definition) is 3. The van der Waals surface area contributed by atoms with Gasteiger partial charge in [0.15, 0.2) is 0 Å². The van der Waals surface area contributed by atoms with Gasteiger partial charge in [-0.15, -0.1) is 12.4 Å². The maximum absolute atomic E-state index is 12.8. The maximum atomic E-state index is 12.8. The number of rotatable bonds is 7. The second-order valence-corrected chi connectivity index (χ2v) is 9.01. The minimum Gasteiger partial charge on any atom is -0.355 e. The Kier molecular flexibility index (Phi) is 5.64. The molecule has 4 bridgehead atoms. The molecule has 5 rings (SSSR count). The van der Waals surface area contributed by atoms with Crippen LogP contribution in [0.4, 0.5) is 0 Å². The van der Waals surface area contributed by atoms with Gasteiger partial charge in [-0.25, -0.2) is 0 Å². The molecule has 5 fully saturated rings. The van der Waals surface area contributed by atoms with Crippen LogP contribution in [-0.4, -0.2) is 30.9 Å². The average Bonchev–Trinajstić information content (AvgIpc) is 3.36. The normalized spacial score (nSPS) is 36.4. The highest BCUT2D eigenvalue weighted by Gasteiger charge is 2.54. The van der Waals surface area contributed by atoms with Gasteiger partial charge in [0.1, 0.15) is 0 Å². The number of nitrogens with two attached hydrogens (primary N) is 1. The van der Waals surface area contributed by atoms with E-state index in [-0.39, 0.29) is 35.7 Å². The largest absolute Gasteiger partial charge is 0.355 e. The molecule has 1 unspecified atom stereocenters. The van der Waals surface area contributed by atoms with E-state index in [1.807, 2.05) is 0 Å². The van der Waals surface area contributed by atoms with E-state index in [1.54, 1.807) is 0 Å². The Bertz CT molecular complexity index is 486. The fourth-order valence-electron chi connectivity index (χ4n) is 5.88. The topological polar surface area (TPSA) is 84.2 Å². The van der Waals surface area contributed by atoms with Crippen LogP contribution in [0.3, 0.4) is 0 Å². The molecule has 25 heavy (non-hydrogen) atoms. The van der Waals surface area contributed by atoms with Crippen molar-refractivity contribution in [2.75, 3.05) is 13.1 Å². The summed E-state index contributed by atoms with van der Waals surface area (Å²) in [6, 6.07) is 0.0931. The van der Waals surface area contributed by atoms with Crippen molar-refractivity contribution in [1.82, 2.24) is 10.6 Å². The molecule has 0 heterocycles. The van der Waals surface area contributed by atoms with Gasteiger partial charge in [0.05, 0.1) is 0 Å². The molecule has 1 atom stereocenters. The van der Waals surface area contributed by atoms with Crippen LogP contribution < -0.4 is 16.4 Å². The zero-order chi connectivity index (χ0) is 16.7. The minimum atomic E-state index is -0.112. The minimum absolute atomic E-state index is 0. The van der Waals surface area contributed by atoms with Crippen LogP contribution in [0, 0.1) is 29.1 Å². The van der Waals surface area contributed by atoms with Gasteiger partial charge in [0.2, 0.25) is 11.8 Å². The quantitative estimate of drug-likeness (QED) is 0.641. The first-order valence-corrected chi connectivity index (χ1v) is 9.85. The molecule has 142 valence electrons. The second-order valence-electron chi connectivity index (χ2n) is 9.01. The Balaban J connectivity index is 0.00000182. The zero-order valence-corrected chi connectivity index (χ0v) is 15.8. The SMILES string of the molecule is Cl.NC(CNC(=O)CCNC(=O)C12CC3CC(CC(C3)C1)C2)C1CC1. The lowest BCUT2D eigenvalue weighted by Gasteiger charge is -2.55. The number of amides is 2. The van der Waals surface area contributed by atoms with Gasteiger partial charge in [0, 0.05) is 31.0 Å². The summed E-state index contributed by atoms with van der Waals surface area (Å²) >= 11 is 0. The fraction of sp³-hybridized carbons (Fsp3) is 0.895. The summed E-state index contributed by atoms with van der Waals surface area (Å²) in [6.07, 6.45) is 10.0. The molecular formula is C19H32ClN3O2. The van der Waals surface area contributed by atoms with Crippen molar-refractivity contribution in [3.05, 3.63) is 0 Å². The van der Waals surface area contributed by atoms with E-state index < -0.39 is 0 Å². The van der Waals surface area contributed by atoms with Crippen LogP contribution >= 0.6 is 12.4 Å². The Morgan fingerprint density at radius 3 is 2.08 bits per heavy atom. The summed E-state index contributed by atoms with van der Waals surface area (Å²) < 4.78 is 0. The van der Waals surface area contributed by atoms with Crippen LogP contribution in [0.1, 0.15) is 57.8 Å². The third-order valence-corrected chi connectivity index (χ3v) is 6.92. The summed E-state index contributed by atoms with van der Waals surface area (Å²) in [5, 5.41) is 5.96. The maximum Gasteiger partial charge on any atom is 0.226 e. The molecule has 0 radical (unpaired) electrons. The number of hydrogen-bond acceptors (Lipinski definition) is 3. The van der Waals surface area contributed by atoms with Gasteiger partial charge >= 0.3 is 0 Å². The molecule has 5 aliphatic rings. The molecule has 0 saturated heterocycles. The lowest BCUT2D eigenvalue weighted by molar-refractivity contribution is -0.146. The van der Waals surface area contributed by atoms with E-state index in [9.17, 15) is 9.59 Å². The smallest absolute Gasteiger partial charge is 0.226 e. The van der Waals surface area contributed by atoms with Crippen molar-refractivity contribution in [3.63, 3.8) is 0 Å². The van der Waals surface area contributed by atoms with Gasteiger partial charge in [0.25, 0.3) is 0 Å². The van der Waals surface area contributed by atoms with Crippen molar-refractivity contribution in [3.8, 4) is 0 Å². The zero-order valence-electron chi connectivity index (χ0n) is 15.0. The Morgan fingerprint density at radius 2 is 1.56 bits per heavy atom. The average molecular weight is 370 g/mol. The molecule has 0 aromatic carbocycles. The van der Waals surface area contributed by atoms with Crippen LogP contribution in [0.25, 0.3) is 0 Å². The summed E-state index contributed by atoms with van der Waals surface area (Å²) in [5.74, 6) is 3.12. The molecule has 0 spiro atoms. The molecule has 5 nitrogen and oxygen atoms in total. The Morgan fingerprint density at radius 1 is 1.00 bits per heavy atom. The molecule has 0 aromatic rings. The van der Waals surface area contributed by atoms with Crippen molar-refractivity contribution >= 4 is 24.2 Å². The van der Waals surface area contributed by atoms with Crippen molar-refractivity contribution in [2.45, 2.75) is 63.8 Å². The molecule has 6 heteroatoms. The molecule has 4 N–H and O–H groups in total. The summed E-state index contributed by atoms with van der Waals surface area (Å²) in [6.45, 7) is 1.01. The van der Waals surface area contributed by atoms with Crippen LogP contribution in [0.15, 0.2) is 0 Å². The predicted molar refractivity (Wildman–Crippen MR) is 99.2 cm³/mol. The van der Waals surface area contributed by atoms with Gasteiger partial charge < -0.3 is 16.4 Å². The summed E-state index contributed by atoms with van der Waals surface area (Å²) in [4.78, 5) is 24.7. The van der Waals surface area contributed by atoms with Crippen LogP contribution in [0.5, 0.6) is 0 Å². The second kappa shape index (κ2) is 7.43. The van der Waals surface area contributed by atoms with E-state index in [4.69, 9.17) is 5.73 Å². The highest BCUT2D eigenvalue weighted by molar-refractivity contribution is 5.85. The molecule has 0 aromatic heterocycles. The molecule has 5 aliphatic carbocycles. The van der Waals surface area contributed by atoms with Crippen molar-refractivity contribution in [2.24, 2.45) is 34.8 Å². The first-order chi connectivity index (χ1) is 11.5. The number of carbonyl (C=O) groups is 2. The van der Waals surface area contributed by atoms with E-state index >= 15 is 0 Å².